The van der Waals surface area contributed by atoms with Gasteiger partial charge in [-0.1, -0.05) is 6.92 Å². The number of hydrogen-bond acceptors (Lipinski definition) is 7. The number of nitrogens with two attached hydrogens (primary N) is 1. The number of hydrazine groups is 1. The molecule has 19 heavy (non-hydrogen) atoms. The number of nitrogens with zero attached hydrogens (tertiary/aromatic N) is 2. The van der Waals surface area contributed by atoms with Gasteiger partial charge in [0.2, 0.25) is 11.8 Å². The van der Waals surface area contributed by atoms with Crippen molar-refractivity contribution in [2.24, 2.45) is 5.84 Å². The van der Waals surface area contributed by atoms with Gasteiger partial charge in [-0.2, -0.15) is 4.98 Å². The Hall–Kier alpha value is -1.44. The van der Waals surface area contributed by atoms with E-state index in [2.05, 4.69) is 28.4 Å². The third-order valence-electron chi connectivity index (χ3n) is 2.62. The van der Waals surface area contributed by atoms with Crippen LogP contribution in [0.1, 0.15) is 18.2 Å². The molecule has 0 aliphatic heterocycles. The van der Waals surface area contributed by atoms with Gasteiger partial charge in [0, 0.05) is 25.0 Å². The van der Waals surface area contributed by atoms with E-state index in [1.807, 2.05) is 0 Å². The van der Waals surface area contributed by atoms with Crippen molar-refractivity contribution in [1.82, 2.24) is 9.97 Å². The summed E-state index contributed by atoms with van der Waals surface area (Å²) in [4.78, 5) is 10.7. The lowest BCUT2D eigenvalue weighted by Crippen LogP contribution is -2.11. The highest BCUT2D eigenvalue weighted by atomic mass is 32.1. The molecule has 0 aliphatic carbocycles. The average Bonchev–Trinajstić information content (AvgIpc) is 2.86. The van der Waals surface area contributed by atoms with Crippen molar-refractivity contribution in [2.75, 3.05) is 25.7 Å². The topological polar surface area (TPSA) is 82.3 Å². The van der Waals surface area contributed by atoms with Gasteiger partial charge >= 0.3 is 0 Å². The fraction of sp³-hybridized carbons (Fsp3) is 0.500. The van der Waals surface area contributed by atoms with Crippen LogP contribution in [-0.2, 0) is 11.2 Å². The van der Waals surface area contributed by atoms with Gasteiger partial charge in [0.1, 0.15) is 4.83 Å². The maximum absolute atomic E-state index is 5.70. The van der Waals surface area contributed by atoms with Crippen LogP contribution in [0, 0.1) is 0 Å². The van der Waals surface area contributed by atoms with Crippen molar-refractivity contribution in [1.29, 1.82) is 0 Å². The summed E-state index contributed by atoms with van der Waals surface area (Å²) in [5.74, 6) is 6.33. The predicted molar refractivity (Wildman–Crippen MR) is 76.6 cm³/mol. The van der Waals surface area contributed by atoms with E-state index in [4.69, 9.17) is 15.3 Å². The molecule has 0 spiro atoms. The highest BCUT2D eigenvalue weighted by molar-refractivity contribution is 7.18. The molecule has 6 nitrogen and oxygen atoms in total. The molecule has 0 amide bonds. The predicted octanol–water partition coefficient (Wildman–Crippen LogP) is 1.95. The first kappa shape index (κ1) is 14.0. The Balaban J connectivity index is 2.25. The third kappa shape index (κ3) is 3.31. The van der Waals surface area contributed by atoms with Crippen molar-refractivity contribution in [2.45, 2.75) is 19.8 Å². The number of fused-ring (bicyclic) bond motifs is 1. The molecular formula is C12H18N4O2S. The van der Waals surface area contributed by atoms with Gasteiger partial charge in [0.25, 0.3) is 0 Å². The number of nitrogens with one attached hydrogen (secondary N) is 1. The van der Waals surface area contributed by atoms with Gasteiger partial charge in [-0.25, -0.2) is 10.8 Å². The van der Waals surface area contributed by atoms with Gasteiger partial charge in [-0.3, -0.25) is 5.43 Å². The molecule has 104 valence electrons. The van der Waals surface area contributed by atoms with Gasteiger partial charge in [-0.05, 0) is 12.5 Å². The van der Waals surface area contributed by atoms with Gasteiger partial charge in [0.05, 0.1) is 12.0 Å². The molecule has 0 radical (unpaired) electrons. The summed E-state index contributed by atoms with van der Waals surface area (Å²) in [5, 5.41) is 0.943. The van der Waals surface area contributed by atoms with Gasteiger partial charge < -0.3 is 9.47 Å². The first-order valence-electron chi connectivity index (χ1n) is 6.17. The number of nitrogen functional groups attached to an aromatic ring is 1. The van der Waals surface area contributed by atoms with Crippen LogP contribution in [0.4, 0.5) is 5.95 Å². The second-order valence-corrected chi connectivity index (χ2v) is 5.09. The Bertz CT molecular complexity index is 544. The molecule has 3 N–H and O–H groups in total. The van der Waals surface area contributed by atoms with Crippen LogP contribution in [0.25, 0.3) is 10.2 Å². The molecule has 0 saturated carbocycles. The number of aryl methyl sites for hydroxylation is 1. The lowest BCUT2D eigenvalue weighted by molar-refractivity contribution is 0.171. The summed E-state index contributed by atoms with van der Waals surface area (Å²) in [6.45, 7) is 3.33. The quantitative estimate of drug-likeness (QED) is 0.459. The maximum Gasteiger partial charge on any atom is 0.241 e. The van der Waals surface area contributed by atoms with Gasteiger partial charge in [0.15, 0.2) is 0 Å². The molecule has 7 heteroatoms. The van der Waals surface area contributed by atoms with E-state index < -0.39 is 0 Å². The molecule has 0 atom stereocenters. The third-order valence-corrected chi connectivity index (χ3v) is 3.79. The van der Waals surface area contributed by atoms with Crippen molar-refractivity contribution in [3.8, 4) is 5.88 Å². The Kier molecular flexibility index (Phi) is 4.89. The number of methoxy groups -OCH3 is 1. The number of anilines is 1. The SMILES string of the molecule is CCc1cc2c(OCCCOC)nc(NN)nc2s1. The van der Waals surface area contributed by atoms with E-state index in [1.54, 1.807) is 18.4 Å². The highest BCUT2D eigenvalue weighted by Crippen LogP contribution is 2.31. The Labute approximate surface area is 115 Å². The molecule has 0 saturated heterocycles. The van der Waals surface area contributed by atoms with E-state index >= 15 is 0 Å². The van der Waals surface area contributed by atoms with E-state index in [1.165, 1.54) is 4.88 Å². The number of ether oxygens (including phenoxy) is 2. The van der Waals surface area contributed by atoms with Crippen LogP contribution in [-0.4, -0.2) is 30.3 Å². The molecule has 0 fully saturated rings. The van der Waals surface area contributed by atoms with Crippen molar-refractivity contribution < 1.29 is 9.47 Å². The zero-order valence-electron chi connectivity index (χ0n) is 11.1. The van der Waals surface area contributed by atoms with Crippen LogP contribution in [0.2, 0.25) is 0 Å². The van der Waals surface area contributed by atoms with E-state index in [0.29, 0.717) is 25.0 Å². The minimum absolute atomic E-state index is 0.374. The second kappa shape index (κ2) is 6.65. The zero-order chi connectivity index (χ0) is 13.7. The molecule has 2 aromatic heterocycles. The molecule has 0 aliphatic rings. The van der Waals surface area contributed by atoms with Crippen molar-refractivity contribution in [3.63, 3.8) is 0 Å². The zero-order valence-corrected chi connectivity index (χ0v) is 11.9. The normalized spacial score (nSPS) is 10.9. The number of rotatable bonds is 7. The molecule has 0 unspecified atom stereocenters. The van der Waals surface area contributed by atoms with Crippen LogP contribution < -0.4 is 16.0 Å². The van der Waals surface area contributed by atoms with E-state index in [9.17, 15) is 0 Å². The van der Waals surface area contributed by atoms with Crippen LogP contribution in [0.15, 0.2) is 6.07 Å². The minimum atomic E-state index is 0.374. The molecular weight excluding hydrogens is 264 g/mol. The summed E-state index contributed by atoms with van der Waals surface area (Å²) in [6.07, 6.45) is 1.79. The molecule has 2 aromatic rings. The van der Waals surface area contributed by atoms with Crippen molar-refractivity contribution in [3.05, 3.63) is 10.9 Å². The molecule has 0 aromatic carbocycles. The summed E-state index contributed by atoms with van der Waals surface area (Å²) in [6, 6.07) is 2.08. The number of aromatic nitrogens is 2. The minimum Gasteiger partial charge on any atom is -0.477 e. The summed E-state index contributed by atoms with van der Waals surface area (Å²) in [5.41, 5.74) is 2.47. The van der Waals surface area contributed by atoms with Crippen molar-refractivity contribution >= 4 is 27.5 Å². The molecule has 2 heterocycles. The van der Waals surface area contributed by atoms with E-state index in [-0.39, 0.29) is 0 Å². The summed E-state index contributed by atoms with van der Waals surface area (Å²) < 4.78 is 10.7. The molecule has 2 rings (SSSR count). The largest absolute Gasteiger partial charge is 0.477 e. The van der Waals surface area contributed by atoms with Crippen LogP contribution in [0.5, 0.6) is 5.88 Å². The number of thiophene rings is 1. The fourth-order valence-corrected chi connectivity index (χ4v) is 2.62. The Morgan fingerprint density at radius 1 is 1.37 bits per heavy atom. The van der Waals surface area contributed by atoms with E-state index in [0.717, 1.165) is 23.1 Å². The maximum atomic E-state index is 5.70. The standard InChI is InChI=1S/C12H18N4O2S/c1-3-8-7-9-10(18-6-4-5-17-2)14-12(16-13)15-11(9)19-8/h7H,3-6,13H2,1-2H3,(H,14,15,16). The Morgan fingerprint density at radius 2 is 2.21 bits per heavy atom. The lowest BCUT2D eigenvalue weighted by Gasteiger charge is -2.07. The highest BCUT2D eigenvalue weighted by Gasteiger charge is 2.12. The summed E-state index contributed by atoms with van der Waals surface area (Å²) in [7, 11) is 1.67. The fourth-order valence-electron chi connectivity index (χ4n) is 1.67. The second-order valence-electron chi connectivity index (χ2n) is 3.98. The van der Waals surface area contributed by atoms with Crippen LogP contribution in [0.3, 0.4) is 0 Å². The molecule has 0 bridgehead atoms. The van der Waals surface area contributed by atoms with Crippen LogP contribution >= 0.6 is 11.3 Å². The lowest BCUT2D eigenvalue weighted by atomic mass is 10.3. The monoisotopic (exact) mass is 282 g/mol. The first-order valence-corrected chi connectivity index (χ1v) is 6.99. The smallest absolute Gasteiger partial charge is 0.241 e. The first-order chi connectivity index (χ1) is 9.28. The average molecular weight is 282 g/mol. The van der Waals surface area contributed by atoms with Gasteiger partial charge in [-0.15, -0.1) is 11.3 Å². The Morgan fingerprint density at radius 3 is 2.89 bits per heavy atom. The number of hydrogen-bond donors (Lipinski definition) is 2. The summed E-state index contributed by atoms with van der Waals surface area (Å²) >= 11 is 1.63.